The Bertz CT molecular complexity index is 536. The minimum atomic E-state index is -0.188. The van der Waals surface area contributed by atoms with E-state index in [1.807, 2.05) is 10.8 Å². The summed E-state index contributed by atoms with van der Waals surface area (Å²) >= 11 is 0. The molecule has 2 fully saturated rings. The van der Waals surface area contributed by atoms with Crippen LogP contribution in [0.2, 0.25) is 0 Å². The van der Waals surface area contributed by atoms with E-state index in [9.17, 15) is 4.79 Å². The summed E-state index contributed by atoms with van der Waals surface area (Å²) in [4.78, 5) is 16.8. The van der Waals surface area contributed by atoms with Crippen LogP contribution in [0.5, 0.6) is 0 Å². The van der Waals surface area contributed by atoms with Gasteiger partial charge in [0.05, 0.1) is 30.6 Å². The van der Waals surface area contributed by atoms with Gasteiger partial charge in [0.15, 0.2) is 0 Å². The Labute approximate surface area is 131 Å². The highest BCUT2D eigenvalue weighted by Gasteiger charge is 2.67. The van der Waals surface area contributed by atoms with Gasteiger partial charge in [0, 0.05) is 19.9 Å². The SMILES string of the molecule is COCCn1cncc1CNC(=O)C1(C)CC12CCNCC2. The largest absolute Gasteiger partial charge is 0.383 e. The summed E-state index contributed by atoms with van der Waals surface area (Å²) in [7, 11) is 1.69. The zero-order valence-corrected chi connectivity index (χ0v) is 13.5. The average Bonchev–Trinajstić information content (AvgIpc) is 2.90. The zero-order chi connectivity index (χ0) is 15.6. The highest BCUT2D eigenvalue weighted by Crippen LogP contribution is 2.68. The van der Waals surface area contributed by atoms with Crippen LogP contribution in [0.25, 0.3) is 0 Å². The van der Waals surface area contributed by atoms with Gasteiger partial charge in [-0.3, -0.25) is 4.79 Å². The first-order valence-electron chi connectivity index (χ1n) is 8.08. The number of hydrogen-bond donors (Lipinski definition) is 2. The topological polar surface area (TPSA) is 68.2 Å². The van der Waals surface area contributed by atoms with Crippen molar-refractivity contribution in [1.82, 2.24) is 20.2 Å². The molecular weight excluding hydrogens is 280 g/mol. The molecule has 1 aliphatic carbocycles. The third-order valence-corrected chi connectivity index (χ3v) is 5.56. The quantitative estimate of drug-likeness (QED) is 0.820. The lowest BCUT2D eigenvalue weighted by Crippen LogP contribution is -2.38. The molecule has 6 heteroatoms. The Balaban J connectivity index is 1.56. The predicted molar refractivity (Wildman–Crippen MR) is 83.2 cm³/mol. The molecule has 2 heterocycles. The van der Waals surface area contributed by atoms with Gasteiger partial charge in [-0.25, -0.2) is 4.98 Å². The van der Waals surface area contributed by atoms with E-state index < -0.39 is 0 Å². The predicted octanol–water partition coefficient (Wildman–Crippen LogP) is 0.926. The minimum Gasteiger partial charge on any atom is -0.383 e. The third kappa shape index (κ3) is 2.65. The van der Waals surface area contributed by atoms with Gasteiger partial charge in [0.2, 0.25) is 5.91 Å². The molecule has 3 rings (SSSR count). The summed E-state index contributed by atoms with van der Waals surface area (Å²) in [5.41, 5.74) is 1.07. The normalized spacial score (nSPS) is 26.1. The van der Waals surface area contributed by atoms with Gasteiger partial charge in [-0.2, -0.15) is 0 Å². The fourth-order valence-corrected chi connectivity index (χ4v) is 3.84. The molecule has 1 unspecified atom stereocenters. The van der Waals surface area contributed by atoms with Gasteiger partial charge in [-0.15, -0.1) is 0 Å². The first-order chi connectivity index (χ1) is 10.6. The van der Waals surface area contributed by atoms with E-state index in [0.29, 0.717) is 13.2 Å². The van der Waals surface area contributed by atoms with Gasteiger partial charge < -0.3 is 19.9 Å². The molecule has 1 saturated heterocycles. The summed E-state index contributed by atoms with van der Waals surface area (Å²) in [5.74, 6) is 0.189. The standard InChI is InChI=1S/C16H26N4O2/c1-15(11-16(15)3-5-17-6-4-16)14(21)19-10-13-9-18-12-20(13)7-8-22-2/h9,12,17H,3-8,10-11H2,1-2H3,(H,19,21). The Morgan fingerprint density at radius 3 is 3.00 bits per heavy atom. The second-order valence-corrected chi connectivity index (χ2v) is 6.79. The lowest BCUT2D eigenvalue weighted by Gasteiger charge is -2.27. The van der Waals surface area contributed by atoms with Crippen LogP contribution in [-0.2, 0) is 22.6 Å². The lowest BCUT2D eigenvalue weighted by atomic mass is 9.85. The maximum atomic E-state index is 12.6. The molecule has 1 atom stereocenters. The van der Waals surface area contributed by atoms with Crippen LogP contribution in [-0.4, -0.2) is 42.3 Å². The third-order valence-electron chi connectivity index (χ3n) is 5.56. The van der Waals surface area contributed by atoms with Crippen LogP contribution in [0.15, 0.2) is 12.5 Å². The maximum absolute atomic E-state index is 12.6. The lowest BCUT2D eigenvalue weighted by molar-refractivity contribution is -0.127. The minimum absolute atomic E-state index is 0.188. The molecule has 22 heavy (non-hydrogen) atoms. The van der Waals surface area contributed by atoms with Gasteiger partial charge in [0.1, 0.15) is 0 Å². The average molecular weight is 306 g/mol. The summed E-state index contributed by atoms with van der Waals surface area (Å²) < 4.78 is 7.12. The molecule has 1 saturated carbocycles. The molecule has 1 spiro atoms. The molecule has 1 aliphatic heterocycles. The number of amides is 1. The van der Waals surface area contributed by atoms with E-state index in [-0.39, 0.29) is 16.7 Å². The molecule has 1 aromatic rings. The van der Waals surface area contributed by atoms with Crippen molar-refractivity contribution in [2.75, 3.05) is 26.8 Å². The number of nitrogens with one attached hydrogen (secondary N) is 2. The Morgan fingerprint density at radius 1 is 1.50 bits per heavy atom. The highest BCUT2D eigenvalue weighted by molar-refractivity contribution is 5.86. The molecule has 1 aromatic heterocycles. The van der Waals surface area contributed by atoms with Crippen LogP contribution < -0.4 is 10.6 Å². The van der Waals surface area contributed by atoms with Crippen molar-refractivity contribution in [3.63, 3.8) is 0 Å². The van der Waals surface area contributed by atoms with Crippen molar-refractivity contribution < 1.29 is 9.53 Å². The van der Waals surface area contributed by atoms with Crippen molar-refractivity contribution in [2.24, 2.45) is 10.8 Å². The van der Waals surface area contributed by atoms with Crippen LogP contribution in [0.4, 0.5) is 0 Å². The van der Waals surface area contributed by atoms with Crippen molar-refractivity contribution >= 4 is 5.91 Å². The van der Waals surface area contributed by atoms with Crippen LogP contribution in [0.3, 0.4) is 0 Å². The molecule has 1 amide bonds. The fraction of sp³-hybridized carbons (Fsp3) is 0.750. The van der Waals surface area contributed by atoms with Crippen LogP contribution in [0.1, 0.15) is 31.9 Å². The summed E-state index contributed by atoms with van der Waals surface area (Å²) in [6, 6.07) is 0. The van der Waals surface area contributed by atoms with E-state index >= 15 is 0 Å². The first kappa shape index (κ1) is 15.5. The van der Waals surface area contributed by atoms with Crippen LogP contribution >= 0.6 is 0 Å². The second-order valence-electron chi connectivity index (χ2n) is 6.79. The maximum Gasteiger partial charge on any atom is 0.226 e. The van der Waals surface area contributed by atoms with E-state index in [0.717, 1.165) is 44.6 Å². The Morgan fingerprint density at radius 2 is 2.27 bits per heavy atom. The molecule has 6 nitrogen and oxygen atoms in total. The second kappa shape index (κ2) is 6.01. The fourth-order valence-electron chi connectivity index (χ4n) is 3.84. The summed E-state index contributed by atoms with van der Waals surface area (Å²) in [6.45, 7) is 6.13. The summed E-state index contributed by atoms with van der Waals surface area (Å²) in [5, 5.41) is 6.50. The molecule has 122 valence electrons. The van der Waals surface area contributed by atoms with E-state index in [4.69, 9.17) is 4.74 Å². The first-order valence-corrected chi connectivity index (χ1v) is 8.08. The number of imidazole rings is 1. The van der Waals surface area contributed by atoms with Crippen molar-refractivity contribution in [3.8, 4) is 0 Å². The molecule has 0 radical (unpaired) electrons. The molecule has 2 aliphatic rings. The zero-order valence-electron chi connectivity index (χ0n) is 13.5. The number of ether oxygens (including phenoxy) is 1. The number of carbonyl (C=O) groups excluding carboxylic acids is 1. The summed E-state index contributed by atoms with van der Waals surface area (Å²) in [6.07, 6.45) is 6.85. The highest BCUT2D eigenvalue weighted by atomic mass is 16.5. The van der Waals surface area contributed by atoms with E-state index in [1.165, 1.54) is 0 Å². The van der Waals surface area contributed by atoms with E-state index in [2.05, 4.69) is 22.5 Å². The number of nitrogens with zero attached hydrogens (tertiary/aromatic N) is 2. The van der Waals surface area contributed by atoms with Crippen molar-refractivity contribution in [1.29, 1.82) is 0 Å². The molecule has 0 aromatic carbocycles. The van der Waals surface area contributed by atoms with Gasteiger partial charge in [-0.05, 0) is 37.8 Å². The monoisotopic (exact) mass is 306 g/mol. The Kier molecular flexibility index (Phi) is 4.23. The molecule has 2 N–H and O–H groups in total. The van der Waals surface area contributed by atoms with Gasteiger partial charge in [0.25, 0.3) is 0 Å². The van der Waals surface area contributed by atoms with E-state index in [1.54, 1.807) is 13.4 Å². The van der Waals surface area contributed by atoms with Crippen molar-refractivity contribution in [2.45, 2.75) is 39.3 Å². The van der Waals surface area contributed by atoms with Gasteiger partial charge in [-0.1, -0.05) is 6.92 Å². The Hall–Kier alpha value is -1.40. The number of piperidine rings is 1. The number of hydrogen-bond acceptors (Lipinski definition) is 4. The molecular formula is C16H26N4O2. The number of methoxy groups -OCH3 is 1. The number of carbonyl (C=O) groups is 1. The van der Waals surface area contributed by atoms with Gasteiger partial charge >= 0.3 is 0 Å². The number of rotatable bonds is 6. The molecule has 0 bridgehead atoms. The van der Waals surface area contributed by atoms with Crippen LogP contribution in [0, 0.1) is 10.8 Å². The van der Waals surface area contributed by atoms with Crippen molar-refractivity contribution in [3.05, 3.63) is 18.2 Å². The number of aromatic nitrogens is 2. The smallest absolute Gasteiger partial charge is 0.226 e.